The topological polar surface area (TPSA) is 70.8 Å². The summed E-state index contributed by atoms with van der Waals surface area (Å²) >= 11 is 0. The fourth-order valence-corrected chi connectivity index (χ4v) is 2.28. The molecule has 0 aliphatic carbocycles. The van der Waals surface area contributed by atoms with Crippen LogP contribution in [0.25, 0.3) is 0 Å². The molecule has 0 saturated heterocycles. The number of nitrogens with zero attached hydrogens (tertiary/aromatic N) is 3. The predicted molar refractivity (Wildman–Crippen MR) is 65.1 cm³/mol. The number of hydrogen-bond acceptors (Lipinski definition) is 4. The van der Waals surface area contributed by atoms with Gasteiger partial charge in [0.15, 0.2) is 5.82 Å². The van der Waals surface area contributed by atoms with E-state index in [2.05, 4.69) is 44.6 Å². The molecule has 17 heavy (non-hydrogen) atoms. The second-order valence-corrected chi connectivity index (χ2v) is 4.38. The third-order valence-electron chi connectivity index (χ3n) is 3.23. The van der Waals surface area contributed by atoms with Crippen molar-refractivity contribution in [2.75, 3.05) is 12.3 Å². The highest BCUT2D eigenvalue weighted by Crippen LogP contribution is 2.20. The fourth-order valence-electron chi connectivity index (χ4n) is 2.28. The number of benzene rings is 1. The summed E-state index contributed by atoms with van der Waals surface area (Å²) in [7, 11) is 0. The Bertz CT molecular complexity index is 519. The molecule has 3 rings (SSSR count). The molecule has 1 aliphatic rings. The summed E-state index contributed by atoms with van der Waals surface area (Å²) in [5.74, 6) is 0.504. The van der Waals surface area contributed by atoms with Gasteiger partial charge in [0.05, 0.1) is 0 Å². The summed E-state index contributed by atoms with van der Waals surface area (Å²) in [5.41, 5.74) is 9.42. The average Bonchev–Trinajstić information content (AvgIpc) is 2.75. The van der Waals surface area contributed by atoms with Crippen molar-refractivity contribution in [1.82, 2.24) is 20.3 Å². The summed E-state index contributed by atoms with van der Waals surface area (Å²) in [6.07, 6.45) is 1.09. The second kappa shape index (κ2) is 4.18. The van der Waals surface area contributed by atoms with Crippen LogP contribution >= 0.6 is 0 Å². The highest BCUT2D eigenvalue weighted by atomic mass is 15.4. The molecule has 0 bridgehead atoms. The molecule has 1 aromatic heterocycles. The summed E-state index contributed by atoms with van der Waals surface area (Å²) in [5, 5.41) is 10.5. The van der Waals surface area contributed by atoms with Crippen molar-refractivity contribution in [3.8, 4) is 0 Å². The number of anilines is 1. The van der Waals surface area contributed by atoms with Crippen LogP contribution in [0.1, 0.15) is 16.8 Å². The number of aromatic nitrogens is 3. The number of aromatic amines is 1. The first kappa shape index (κ1) is 10.3. The van der Waals surface area contributed by atoms with Gasteiger partial charge in [0.2, 0.25) is 0 Å². The molecule has 5 nitrogen and oxygen atoms in total. The van der Waals surface area contributed by atoms with E-state index in [9.17, 15) is 0 Å². The SMILES string of the molecule is Nc1n[nH]nc1CN1CCc2ccccc2C1. The Kier molecular flexibility index (Phi) is 2.53. The Morgan fingerprint density at radius 2 is 2.06 bits per heavy atom. The van der Waals surface area contributed by atoms with E-state index < -0.39 is 0 Å². The number of nitrogens with two attached hydrogens (primary N) is 1. The number of nitrogens with one attached hydrogen (secondary N) is 1. The van der Waals surface area contributed by atoms with Crippen molar-refractivity contribution in [3.63, 3.8) is 0 Å². The predicted octanol–water partition coefficient (Wildman–Crippen LogP) is 0.945. The minimum absolute atomic E-state index is 0.504. The number of H-pyrrole nitrogens is 1. The lowest BCUT2D eigenvalue weighted by molar-refractivity contribution is 0.243. The molecule has 0 atom stereocenters. The molecular weight excluding hydrogens is 214 g/mol. The van der Waals surface area contributed by atoms with E-state index in [0.29, 0.717) is 5.82 Å². The van der Waals surface area contributed by atoms with Crippen LogP contribution in [-0.2, 0) is 19.5 Å². The molecule has 1 aliphatic heterocycles. The van der Waals surface area contributed by atoms with Gasteiger partial charge in [-0.1, -0.05) is 24.3 Å². The maximum Gasteiger partial charge on any atom is 0.170 e. The van der Waals surface area contributed by atoms with Crippen LogP contribution in [0, 0.1) is 0 Å². The molecule has 2 aromatic rings. The van der Waals surface area contributed by atoms with E-state index in [1.807, 2.05) is 0 Å². The molecular formula is C12H15N5. The van der Waals surface area contributed by atoms with Crippen LogP contribution in [0.15, 0.2) is 24.3 Å². The van der Waals surface area contributed by atoms with Crippen molar-refractivity contribution >= 4 is 5.82 Å². The highest BCUT2D eigenvalue weighted by Gasteiger charge is 2.17. The first-order valence-electron chi connectivity index (χ1n) is 5.77. The van der Waals surface area contributed by atoms with Crippen LogP contribution in [0.3, 0.4) is 0 Å². The average molecular weight is 229 g/mol. The molecule has 0 spiro atoms. The van der Waals surface area contributed by atoms with Crippen LogP contribution < -0.4 is 5.73 Å². The minimum Gasteiger partial charge on any atom is -0.381 e. The van der Waals surface area contributed by atoms with Gasteiger partial charge in [-0.15, -0.1) is 5.10 Å². The Balaban J connectivity index is 1.74. The zero-order valence-corrected chi connectivity index (χ0v) is 9.56. The summed E-state index contributed by atoms with van der Waals surface area (Å²) in [6.45, 7) is 2.77. The summed E-state index contributed by atoms with van der Waals surface area (Å²) in [6, 6.07) is 8.59. The molecule has 0 saturated carbocycles. The van der Waals surface area contributed by atoms with Crippen LogP contribution in [0.2, 0.25) is 0 Å². The molecule has 2 heterocycles. The monoisotopic (exact) mass is 229 g/mol. The molecule has 88 valence electrons. The van der Waals surface area contributed by atoms with Gasteiger partial charge in [-0.3, -0.25) is 4.90 Å². The molecule has 3 N–H and O–H groups in total. The zero-order valence-electron chi connectivity index (χ0n) is 9.56. The lowest BCUT2D eigenvalue weighted by Gasteiger charge is -2.27. The van der Waals surface area contributed by atoms with Gasteiger partial charge >= 0.3 is 0 Å². The Morgan fingerprint density at radius 1 is 1.24 bits per heavy atom. The first-order chi connectivity index (χ1) is 8.33. The van der Waals surface area contributed by atoms with Gasteiger partial charge < -0.3 is 5.73 Å². The quantitative estimate of drug-likeness (QED) is 0.804. The number of fused-ring (bicyclic) bond motifs is 1. The fraction of sp³-hybridized carbons (Fsp3) is 0.333. The highest BCUT2D eigenvalue weighted by molar-refractivity contribution is 5.33. The summed E-state index contributed by atoms with van der Waals surface area (Å²) < 4.78 is 0. The Labute approximate surface area is 99.6 Å². The number of nitrogen functional groups attached to an aromatic ring is 1. The molecule has 0 radical (unpaired) electrons. The normalized spacial score (nSPS) is 15.8. The minimum atomic E-state index is 0.504. The third kappa shape index (κ3) is 2.01. The van der Waals surface area contributed by atoms with Crippen molar-refractivity contribution in [1.29, 1.82) is 0 Å². The van der Waals surface area contributed by atoms with Gasteiger partial charge in [0, 0.05) is 19.6 Å². The van der Waals surface area contributed by atoms with Gasteiger partial charge in [-0.05, 0) is 17.5 Å². The molecule has 0 amide bonds. The van der Waals surface area contributed by atoms with Gasteiger partial charge in [0.25, 0.3) is 0 Å². The van der Waals surface area contributed by atoms with Crippen molar-refractivity contribution in [3.05, 3.63) is 41.1 Å². The summed E-state index contributed by atoms with van der Waals surface area (Å²) in [4.78, 5) is 2.34. The van der Waals surface area contributed by atoms with Crippen LogP contribution in [0.4, 0.5) is 5.82 Å². The lowest BCUT2D eigenvalue weighted by atomic mass is 10.00. The van der Waals surface area contributed by atoms with Gasteiger partial charge in [-0.2, -0.15) is 10.3 Å². The molecule has 1 aromatic carbocycles. The number of hydrogen-bond donors (Lipinski definition) is 2. The van der Waals surface area contributed by atoms with E-state index in [4.69, 9.17) is 5.73 Å². The molecule has 5 heteroatoms. The third-order valence-corrected chi connectivity index (χ3v) is 3.23. The van der Waals surface area contributed by atoms with E-state index in [1.54, 1.807) is 0 Å². The van der Waals surface area contributed by atoms with Gasteiger partial charge in [0.1, 0.15) is 5.69 Å². The first-order valence-corrected chi connectivity index (χ1v) is 5.77. The van der Waals surface area contributed by atoms with E-state index in [0.717, 1.165) is 31.7 Å². The van der Waals surface area contributed by atoms with Crippen molar-refractivity contribution < 1.29 is 0 Å². The smallest absolute Gasteiger partial charge is 0.170 e. The molecule has 0 unspecified atom stereocenters. The maximum atomic E-state index is 5.72. The van der Waals surface area contributed by atoms with Crippen molar-refractivity contribution in [2.24, 2.45) is 0 Å². The standard InChI is InChI=1S/C12H15N5/c13-12-11(14-16-15-12)8-17-6-5-9-3-1-2-4-10(9)7-17/h1-4H,5-8H2,(H3,13,14,15,16). The Hall–Kier alpha value is -1.88. The van der Waals surface area contributed by atoms with Crippen molar-refractivity contribution in [2.45, 2.75) is 19.5 Å². The second-order valence-electron chi connectivity index (χ2n) is 4.38. The maximum absolute atomic E-state index is 5.72. The Morgan fingerprint density at radius 3 is 2.82 bits per heavy atom. The van der Waals surface area contributed by atoms with Gasteiger partial charge in [-0.25, -0.2) is 0 Å². The van der Waals surface area contributed by atoms with E-state index >= 15 is 0 Å². The molecule has 0 fully saturated rings. The lowest BCUT2D eigenvalue weighted by Crippen LogP contribution is -2.30. The van der Waals surface area contributed by atoms with E-state index in [1.165, 1.54) is 11.1 Å². The van der Waals surface area contributed by atoms with Crippen LogP contribution in [-0.4, -0.2) is 26.9 Å². The number of rotatable bonds is 2. The van der Waals surface area contributed by atoms with E-state index in [-0.39, 0.29) is 0 Å². The largest absolute Gasteiger partial charge is 0.381 e. The zero-order chi connectivity index (χ0) is 11.7. The van der Waals surface area contributed by atoms with Crippen LogP contribution in [0.5, 0.6) is 0 Å².